The summed E-state index contributed by atoms with van der Waals surface area (Å²) >= 11 is 0. The lowest BCUT2D eigenvalue weighted by Gasteiger charge is -2.38. The lowest BCUT2D eigenvalue weighted by Crippen LogP contribution is -2.51. The van der Waals surface area contributed by atoms with E-state index in [-0.39, 0.29) is 43.0 Å². The van der Waals surface area contributed by atoms with E-state index in [9.17, 15) is 14.7 Å². The minimum absolute atomic E-state index is 0.0496. The van der Waals surface area contributed by atoms with Gasteiger partial charge in [0.05, 0.1) is 30.8 Å². The molecule has 7 nitrogen and oxygen atoms in total. The first-order chi connectivity index (χ1) is 13.1. The summed E-state index contributed by atoms with van der Waals surface area (Å²) in [6, 6.07) is 9.76. The van der Waals surface area contributed by atoms with Crippen molar-refractivity contribution in [1.29, 1.82) is 0 Å². The van der Waals surface area contributed by atoms with Crippen molar-refractivity contribution in [1.82, 2.24) is 20.5 Å². The summed E-state index contributed by atoms with van der Waals surface area (Å²) < 4.78 is 0. The molecule has 2 heterocycles. The van der Waals surface area contributed by atoms with Crippen molar-refractivity contribution >= 4 is 22.7 Å². The number of hydrogen-bond acceptors (Lipinski definition) is 5. The topological polar surface area (TPSA) is 94.6 Å². The number of benzene rings is 1. The summed E-state index contributed by atoms with van der Waals surface area (Å²) in [6.07, 6.45) is 2.86. The van der Waals surface area contributed by atoms with Crippen LogP contribution in [0.4, 0.5) is 0 Å². The average molecular weight is 368 g/mol. The summed E-state index contributed by atoms with van der Waals surface area (Å²) in [6.45, 7) is 1.68. The molecule has 3 N–H and O–H groups in total. The van der Waals surface area contributed by atoms with Gasteiger partial charge in [-0.2, -0.15) is 0 Å². The number of nitrogens with one attached hydrogen (secondary N) is 2. The monoisotopic (exact) mass is 368 g/mol. The third kappa shape index (κ3) is 4.09. The fourth-order valence-corrected chi connectivity index (χ4v) is 3.88. The zero-order valence-corrected chi connectivity index (χ0v) is 15.1. The van der Waals surface area contributed by atoms with Crippen molar-refractivity contribution in [2.75, 3.05) is 26.2 Å². The number of fused-ring (bicyclic) bond motifs is 1. The van der Waals surface area contributed by atoms with Gasteiger partial charge in [-0.05, 0) is 36.5 Å². The number of carbonyl (C=O) groups excluding carboxylic acids is 2. The van der Waals surface area contributed by atoms with Gasteiger partial charge in [-0.3, -0.25) is 19.5 Å². The number of piperazine rings is 1. The van der Waals surface area contributed by atoms with E-state index in [1.807, 2.05) is 35.4 Å². The maximum Gasteiger partial charge on any atom is 0.234 e. The maximum atomic E-state index is 12.6. The van der Waals surface area contributed by atoms with Gasteiger partial charge < -0.3 is 15.7 Å². The number of pyridine rings is 1. The van der Waals surface area contributed by atoms with E-state index >= 15 is 0 Å². The minimum Gasteiger partial charge on any atom is -0.393 e. The molecule has 1 aromatic heterocycles. The van der Waals surface area contributed by atoms with Crippen LogP contribution < -0.4 is 10.6 Å². The zero-order chi connectivity index (χ0) is 18.8. The van der Waals surface area contributed by atoms with Crippen LogP contribution in [0.3, 0.4) is 0 Å². The quantitative estimate of drug-likeness (QED) is 0.718. The highest BCUT2D eigenvalue weighted by molar-refractivity contribution is 5.82. The minimum atomic E-state index is -0.298. The molecule has 7 heteroatoms. The lowest BCUT2D eigenvalue weighted by atomic mass is 9.75. The Balaban J connectivity index is 1.50. The molecule has 1 saturated carbocycles. The van der Waals surface area contributed by atoms with Crippen LogP contribution in [0.15, 0.2) is 36.5 Å². The van der Waals surface area contributed by atoms with E-state index in [4.69, 9.17) is 0 Å². The van der Waals surface area contributed by atoms with Crippen molar-refractivity contribution in [2.24, 2.45) is 5.92 Å². The fourth-order valence-electron chi connectivity index (χ4n) is 3.88. The molecule has 0 bridgehead atoms. The van der Waals surface area contributed by atoms with Gasteiger partial charge in [0.25, 0.3) is 0 Å². The Labute approximate surface area is 157 Å². The molecule has 0 spiro atoms. The van der Waals surface area contributed by atoms with Gasteiger partial charge in [-0.25, -0.2) is 0 Å². The van der Waals surface area contributed by atoms with Gasteiger partial charge in [0.2, 0.25) is 11.8 Å². The van der Waals surface area contributed by atoms with Crippen LogP contribution in [-0.2, 0) is 9.59 Å². The van der Waals surface area contributed by atoms with Crippen LogP contribution in [0.5, 0.6) is 0 Å². The SMILES string of the molecule is O=C1CN(CC(=O)NC(c2cnc3ccccc3c2)C2CC(O)C2)CCN1. The predicted octanol–water partition coefficient (Wildman–Crippen LogP) is 0.595. The second kappa shape index (κ2) is 7.62. The normalized spacial score (nSPS) is 24.1. The Bertz CT molecular complexity index is 850. The van der Waals surface area contributed by atoms with Crippen LogP contribution >= 0.6 is 0 Å². The number of amides is 2. The second-order valence-corrected chi connectivity index (χ2v) is 7.45. The average Bonchev–Trinajstić information content (AvgIpc) is 2.63. The molecule has 1 atom stereocenters. The van der Waals surface area contributed by atoms with Gasteiger partial charge in [0.15, 0.2) is 0 Å². The number of carbonyl (C=O) groups is 2. The molecule has 4 rings (SSSR count). The number of rotatable bonds is 5. The van der Waals surface area contributed by atoms with Crippen LogP contribution in [0.2, 0.25) is 0 Å². The molecule has 1 unspecified atom stereocenters. The lowest BCUT2D eigenvalue weighted by molar-refractivity contribution is -0.127. The first kappa shape index (κ1) is 17.9. The molecule has 2 aliphatic rings. The number of para-hydroxylation sites is 1. The molecule has 1 aliphatic carbocycles. The molecular weight excluding hydrogens is 344 g/mol. The van der Waals surface area contributed by atoms with Crippen LogP contribution in [0.1, 0.15) is 24.4 Å². The number of aliphatic hydroxyl groups excluding tert-OH is 1. The van der Waals surface area contributed by atoms with E-state index in [0.717, 1.165) is 16.5 Å². The number of hydrogen-bond donors (Lipinski definition) is 3. The van der Waals surface area contributed by atoms with Gasteiger partial charge in [0.1, 0.15) is 0 Å². The molecule has 1 aromatic carbocycles. The smallest absolute Gasteiger partial charge is 0.234 e. The molecule has 2 amide bonds. The van der Waals surface area contributed by atoms with Gasteiger partial charge >= 0.3 is 0 Å². The van der Waals surface area contributed by atoms with E-state index in [2.05, 4.69) is 21.7 Å². The maximum absolute atomic E-state index is 12.6. The second-order valence-electron chi connectivity index (χ2n) is 7.45. The van der Waals surface area contributed by atoms with Crippen LogP contribution in [0.25, 0.3) is 10.9 Å². The van der Waals surface area contributed by atoms with Crippen molar-refractivity contribution in [3.8, 4) is 0 Å². The van der Waals surface area contributed by atoms with Crippen molar-refractivity contribution in [3.05, 3.63) is 42.1 Å². The van der Waals surface area contributed by atoms with E-state index in [1.165, 1.54) is 0 Å². The summed E-state index contributed by atoms with van der Waals surface area (Å²) in [5.74, 6) is 0.0345. The van der Waals surface area contributed by atoms with E-state index in [1.54, 1.807) is 0 Å². The Morgan fingerprint density at radius 3 is 2.96 bits per heavy atom. The Morgan fingerprint density at radius 1 is 1.37 bits per heavy atom. The summed E-state index contributed by atoms with van der Waals surface area (Å²) in [4.78, 5) is 30.5. The Kier molecular flexibility index (Phi) is 5.05. The predicted molar refractivity (Wildman–Crippen MR) is 101 cm³/mol. The highest BCUT2D eigenvalue weighted by Gasteiger charge is 2.36. The molecule has 1 saturated heterocycles. The molecule has 1 aliphatic heterocycles. The Morgan fingerprint density at radius 2 is 2.19 bits per heavy atom. The van der Waals surface area contributed by atoms with E-state index in [0.29, 0.717) is 25.9 Å². The zero-order valence-electron chi connectivity index (χ0n) is 15.1. The summed E-state index contributed by atoms with van der Waals surface area (Å²) in [5, 5.41) is 16.6. The third-order valence-corrected chi connectivity index (χ3v) is 5.39. The van der Waals surface area contributed by atoms with Gasteiger partial charge in [-0.15, -0.1) is 0 Å². The molecule has 2 fully saturated rings. The van der Waals surface area contributed by atoms with Crippen LogP contribution in [0, 0.1) is 5.92 Å². The molecule has 2 aromatic rings. The van der Waals surface area contributed by atoms with E-state index < -0.39 is 0 Å². The van der Waals surface area contributed by atoms with Gasteiger partial charge in [0, 0.05) is 24.7 Å². The van der Waals surface area contributed by atoms with Gasteiger partial charge in [-0.1, -0.05) is 18.2 Å². The molecule has 27 heavy (non-hydrogen) atoms. The summed E-state index contributed by atoms with van der Waals surface area (Å²) in [5.41, 5.74) is 1.87. The number of nitrogens with zero attached hydrogens (tertiary/aromatic N) is 2. The standard InChI is InChI=1S/C20H24N4O3/c25-16-8-14(9-16)20(15-7-13-3-1-2-4-17(13)22-10-15)23-19(27)12-24-6-5-21-18(26)11-24/h1-4,7,10,14,16,20,25H,5-6,8-9,11-12H2,(H,21,26)(H,23,27). The van der Waals surface area contributed by atoms with Crippen LogP contribution in [-0.4, -0.2) is 59.1 Å². The first-order valence-electron chi connectivity index (χ1n) is 9.39. The number of aromatic nitrogens is 1. The largest absolute Gasteiger partial charge is 0.393 e. The number of aliphatic hydroxyl groups is 1. The fraction of sp³-hybridized carbons (Fsp3) is 0.450. The third-order valence-electron chi connectivity index (χ3n) is 5.39. The van der Waals surface area contributed by atoms with Crippen molar-refractivity contribution in [3.63, 3.8) is 0 Å². The highest BCUT2D eigenvalue weighted by atomic mass is 16.3. The molecular formula is C20H24N4O3. The highest BCUT2D eigenvalue weighted by Crippen LogP contribution is 2.38. The molecule has 0 radical (unpaired) electrons. The molecule has 142 valence electrons. The van der Waals surface area contributed by atoms with Crippen molar-refractivity contribution in [2.45, 2.75) is 25.0 Å². The Hall–Kier alpha value is -2.51. The summed E-state index contributed by atoms with van der Waals surface area (Å²) in [7, 11) is 0. The van der Waals surface area contributed by atoms with Crippen molar-refractivity contribution < 1.29 is 14.7 Å². The first-order valence-corrected chi connectivity index (χ1v) is 9.39.